The molecule has 0 fully saturated rings. The maximum atomic E-state index is 4.82. The van der Waals surface area contributed by atoms with E-state index in [-0.39, 0.29) is 0 Å². The summed E-state index contributed by atoms with van der Waals surface area (Å²) >= 11 is 0. The highest BCUT2D eigenvalue weighted by Gasteiger charge is 2.27. The molecule has 0 amide bonds. The molecule has 0 bridgehead atoms. The van der Waals surface area contributed by atoms with Gasteiger partial charge in [-0.15, -0.1) is 0 Å². The zero-order valence-electron chi connectivity index (χ0n) is 14.7. The molecule has 2 aromatic carbocycles. The second-order valence-corrected chi connectivity index (χ2v) is 7.18. The largest absolute Gasteiger partial charge is 0.305 e. The fraction of sp³-hybridized carbons (Fsp3) is 0.318. The molecule has 0 radical (unpaired) electrons. The first kappa shape index (κ1) is 15.3. The van der Waals surface area contributed by atoms with Crippen molar-refractivity contribution in [3.05, 3.63) is 76.6 Å². The molecular weight excluding hydrogens is 292 g/mol. The van der Waals surface area contributed by atoms with Gasteiger partial charge in [0, 0.05) is 24.0 Å². The van der Waals surface area contributed by atoms with E-state index in [2.05, 4.69) is 68.4 Å². The summed E-state index contributed by atoms with van der Waals surface area (Å²) in [5, 5.41) is 2.66. The van der Waals surface area contributed by atoms with Crippen molar-refractivity contribution in [1.82, 2.24) is 9.88 Å². The van der Waals surface area contributed by atoms with Gasteiger partial charge in [0.25, 0.3) is 0 Å². The SMILES string of the molecule is Cc1cccc2c1CCC2c1nccc2c(CN(C)C)cccc12. The number of hydrogen-bond acceptors (Lipinski definition) is 2. The lowest BCUT2D eigenvalue weighted by Gasteiger charge is -2.17. The maximum absolute atomic E-state index is 4.82. The highest BCUT2D eigenvalue weighted by atomic mass is 15.0. The third-order valence-electron chi connectivity index (χ3n) is 5.25. The smallest absolute Gasteiger partial charge is 0.0556 e. The van der Waals surface area contributed by atoms with Crippen LogP contribution in [0.1, 0.15) is 40.3 Å². The Labute approximate surface area is 144 Å². The van der Waals surface area contributed by atoms with Gasteiger partial charge in [0.15, 0.2) is 0 Å². The lowest BCUT2D eigenvalue weighted by molar-refractivity contribution is 0.404. The topological polar surface area (TPSA) is 16.1 Å². The predicted octanol–water partition coefficient (Wildman–Crippen LogP) is 4.68. The lowest BCUT2D eigenvalue weighted by atomic mass is 9.92. The van der Waals surface area contributed by atoms with Gasteiger partial charge in [-0.3, -0.25) is 4.98 Å². The van der Waals surface area contributed by atoms with Crippen LogP contribution in [0.5, 0.6) is 0 Å². The Balaban J connectivity index is 1.86. The van der Waals surface area contributed by atoms with Crippen LogP contribution in [-0.2, 0) is 13.0 Å². The Bertz CT molecular complexity index is 896. The first-order chi connectivity index (χ1) is 11.6. The quantitative estimate of drug-likeness (QED) is 0.697. The van der Waals surface area contributed by atoms with Crippen molar-refractivity contribution in [3.8, 4) is 0 Å². The highest BCUT2D eigenvalue weighted by Crippen LogP contribution is 2.41. The van der Waals surface area contributed by atoms with Crippen LogP contribution in [0.3, 0.4) is 0 Å². The molecule has 0 spiro atoms. The van der Waals surface area contributed by atoms with Gasteiger partial charge in [-0.25, -0.2) is 0 Å². The fourth-order valence-electron chi connectivity index (χ4n) is 4.17. The summed E-state index contributed by atoms with van der Waals surface area (Å²) in [6.45, 7) is 3.19. The van der Waals surface area contributed by atoms with Crippen LogP contribution in [0.15, 0.2) is 48.7 Å². The van der Waals surface area contributed by atoms with Crippen LogP contribution in [0.25, 0.3) is 10.8 Å². The zero-order chi connectivity index (χ0) is 16.7. The summed E-state index contributed by atoms with van der Waals surface area (Å²) in [4.78, 5) is 7.05. The van der Waals surface area contributed by atoms with Crippen molar-refractivity contribution >= 4 is 10.8 Å². The molecule has 0 aliphatic heterocycles. The highest BCUT2D eigenvalue weighted by molar-refractivity contribution is 5.88. The predicted molar refractivity (Wildman–Crippen MR) is 100 cm³/mol. The van der Waals surface area contributed by atoms with E-state index in [1.54, 1.807) is 0 Å². The number of hydrogen-bond donors (Lipinski definition) is 0. The van der Waals surface area contributed by atoms with Crippen molar-refractivity contribution in [2.24, 2.45) is 0 Å². The Morgan fingerprint density at radius 3 is 2.71 bits per heavy atom. The molecule has 1 unspecified atom stereocenters. The summed E-state index contributed by atoms with van der Waals surface area (Å²) in [7, 11) is 4.24. The van der Waals surface area contributed by atoms with Crippen LogP contribution in [0.2, 0.25) is 0 Å². The van der Waals surface area contributed by atoms with E-state index in [4.69, 9.17) is 4.98 Å². The summed E-state index contributed by atoms with van der Waals surface area (Å²) < 4.78 is 0. The zero-order valence-corrected chi connectivity index (χ0v) is 14.7. The van der Waals surface area contributed by atoms with Gasteiger partial charge in [0.1, 0.15) is 0 Å². The van der Waals surface area contributed by atoms with E-state index >= 15 is 0 Å². The molecule has 24 heavy (non-hydrogen) atoms. The molecule has 2 heteroatoms. The second kappa shape index (κ2) is 6.03. The molecule has 122 valence electrons. The fourth-order valence-corrected chi connectivity index (χ4v) is 4.17. The van der Waals surface area contributed by atoms with E-state index in [1.165, 1.54) is 51.6 Å². The van der Waals surface area contributed by atoms with E-state index in [0.29, 0.717) is 5.92 Å². The van der Waals surface area contributed by atoms with Gasteiger partial charge >= 0.3 is 0 Å². The Morgan fingerprint density at radius 2 is 1.88 bits per heavy atom. The van der Waals surface area contributed by atoms with Crippen LogP contribution in [0, 0.1) is 6.92 Å². The molecule has 3 aromatic rings. The van der Waals surface area contributed by atoms with Crippen molar-refractivity contribution in [1.29, 1.82) is 0 Å². The number of aryl methyl sites for hydroxylation is 1. The number of pyridine rings is 1. The first-order valence-corrected chi connectivity index (χ1v) is 8.75. The van der Waals surface area contributed by atoms with Crippen LogP contribution < -0.4 is 0 Å². The van der Waals surface area contributed by atoms with E-state index in [0.717, 1.165) is 6.54 Å². The Morgan fingerprint density at radius 1 is 1.04 bits per heavy atom. The minimum Gasteiger partial charge on any atom is -0.305 e. The van der Waals surface area contributed by atoms with Crippen LogP contribution >= 0.6 is 0 Å². The molecule has 0 N–H and O–H groups in total. The molecule has 1 heterocycles. The van der Waals surface area contributed by atoms with Gasteiger partial charge in [0.05, 0.1) is 5.69 Å². The van der Waals surface area contributed by atoms with E-state index < -0.39 is 0 Å². The molecule has 1 aromatic heterocycles. The average Bonchev–Trinajstić information content (AvgIpc) is 2.99. The van der Waals surface area contributed by atoms with Crippen LogP contribution in [0.4, 0.5) is 0 Å². The number of aromatic nitrogens is 1. The van der Waals surface area contributed by atoms with Crippen molar-refractivity contribution in [2.75, 3.05) is 14.1 Å². The van der Waals surface area contributed by atoms with Crippen LogP contribution in [-0.4, -0.2) is 24.0 Å². The molecule has 0 saturated carbocycles. The summed E-state index contributed by atoms with van der Waals surface area (Å²) in [6, 6.07) is 15.5. The second-order valence-electron chi connectivity index (χ2n) is 7.18. The minimum absolute atomic E-state index is 0.429. The Kier molecular flexibility index (Phi) is 3.85. The maximum Gasteiger partial charge on any atom is 0.0556 e. The van der Waals surface area contributed by atoms with Crippen molar-refractivity contribution in [3.63, 3.8) is 0 Å². The lowest BCUT2D eigenvalue weighted by Crippen LogP contribution is -2.11. The molecule has 1 atom stereocenters. The molecule has 1 aliphatic carbocycles. The average molecular weight is 316 g/mol. The number of nitrogens with zero attached hydrogens (tertiary/aromatic N) is 2. The van der Waals surface area contributed by atoms with Gasteiger partial charge in [-0.05, 0) is 67.6 Å². The number of rotatable bonds is 3. The molecular formula is C22H24N2. The Hall–Kier alpha value is -2.19. The third-order valence-corrected chi connectivity index (χ3v) is 5.25. The van der Waals surface area contributed by atoms with E-state index in [1.807, 2.05) is 6.20 Å². The minimum atomic E-state index is 0.429. The van der Waals surface area contributed by atoms with Gasteiger partial charge in [-0.1, -0.05) is 36.4 Å². The number of fused-ring (bicyclic) bond motifs is 2. The molecule has 2 nitrogen and oxygen atoms in total. The molecule has 1 aliphatic rings. The summed E-state index contributed by atoms with van der Waals surface area (Å²) in [5.74, 6) is 0.429. The summed E-state index contributed by atoms with van der Waals surface area (Å²) in [6.07, 6.45) is 4.33. The standard InChI is InChI=1S/C22H24N2/c1-15-6-4-8-19-17(15)10-11-21(19)22-20-9-5-7-16(14-24(2)3)18(20)12-13-23-22/h4-9,12-13,21H,10-11,14H2,1-3H3. The third kappa shape index (κ3) is 2.51. The number of benzene rings is 2. The van der Waals surface area contributed by atoms with Crippen molar-refractivity contribution in [2.45, 2.75) is 32.2 Å². The molecule has 0 saturated heterocycles. The monoisotopic (exact) mass is 316 g/mol. The molecule has 4 rings (SSSR count). The van der Waals surface area contributed by atoms with Gasteiger partial charge in [0.2, 0.25) is 0 Å². The van der Waals surface area contributed by atoms with Gasteiger partial charge in [-0.2, -0.15) is 0 Å². The van der Waals surface area contributed by atoms with Crippen molar-refractivity contribution < 1.29 is 0 Å². The normalized spacial score (nSPS) is 16.8. The first-order valence-electron chi connectivity index (χ1n) is 8.75. The van der Waals surface area contributed by atoms with Gasteiger partial charge < -0.3 is 4.90 Å². The van der Waals surface area contributed by atoms with E-state index in [9.17, 15) is 0 Å². The summed E-state index contributed by atoms with van der Waals surface area (Å²) in [5.41, 5.74) is 7.06.